The molecule has 0 unspecified atom stereocenters. The number of aliphatic hydroxyl groups is 1. The van der Waals surface area contributed by atoms with Crippen LogP contribution in [0.15, 0.2) is 4.52 Å². The molecule has 0 aliphatic rings. The highest BCUT2D eigenvalue weighted by atomic mass is 16.5. The van der Waals surface area contributed by atoms with Gasteiger partial charge in [0.15, 0.2) is 5.82 Å². The molecule has 2 atom stereocenters. The van der Waals surface area contributed by atoms with Crippen LogP contribution in [0.2, 0.25) is 0 Å². The molecule has 1 aromatic heterocycles. The molecule has 1 aromatic rings. The standard InChI is InChI=1S/C10H19N3O2/c1-7(14)5-6-13(4)8(2)10-11-9(3)15-12-10/h7-8,14H,5-6H2,1-4H3/t7-,8-/m1/s1. The molecule has 5 nitrogen and oxygen atoms in total. The van der Waals surface area contributed by atoms with E-state index >= 15 is 0 Å². The van der Waals surface area contributed by atoms with E-state index in [1.165, 1.54) is 0 Å². The minimum Gasteiger partial charge on any atom is -0.393 e. The first-order valence-corrected chi connectivity index (χ1v) is 5.19. The van der Waals surface area contributed by atoms with Gasteiger partial charge in [-0.15, -0.1) is 0 Å². The Morgan fingerprint density at radius 1 is 1.47 bits per heavy atom. The van der Waals surface area contributed by atoms with Crippen LogP contribution in [0.25, 0.3) is 0 Å². The van der Waals surface area contributed by atoms with Crippen LogP contribution in [0.3, 0.4) is 0 Å². The summed E-state index contributed by atoms with van der Waals surface area (Å²) in [5, 5.41) is 13.1. The average Bonchev–Trinajstić information content (AvgIpc) is 2.60. The van der Waals surface area contributed by atoms with Crippen LogP contribution >= 0.6 is 0 Å². The van der Waals surface area contributed by atoms with Gasteiger partial charge in [-0.1, -0.05) is 5.16 Å². The lowest BCUT2D eigenvalue weighted by molar-refractivity contribution is 0.150. The molecule has 0 aliphatic heterocycles. The Morgan fingerprint density at radius 2 is 2.13 bits per heavy atom. The van der Waals surface area contributed by atoms with Gasteiger partial charge in [0, 0.05) is 13.5 Å². The highest BCUT2D eigenvalue weighted by Gasteiger charge is 2.16. The Morgan fingerprint density at radius 3 is 2.60 bits per heavy atom. The summed E-state index contributed by atoms with van der Waals surface area (Å²) in [6, 6.07) is 0.112. The first-order chi connectivity index (χ1) is 7.00. The lowest BCUT2D eigenvalue weighted by Crippen LogP contribution is -2.26. The number of hydrogen-bond acceptors (Lipinski definition) is 5. The van der Waals surface area contributed by atoms with Crippen molar-refractivity contribution in [2.75, 3.05) is 13.6 Å². The van der Waals surface area contributed by atoms with E-state index in [1.54, 1.807) is 13.8 Å². The van der Waals surface area contributed by atoms with E-state index in [4.69, 9.17) is 4.52 Å². The molecule has 5 heteroatoms. The average molecular weight is 213 g/mol. The van der Waals surface area contributed by atoms with Gasteiger partial charge < -0.3 is 9.63 Å². The third-order valence-electron chi connectivity index (χ3n) is 2.48. The van der Waals surface area contributed by atoms with Crippen molar-refractivity contribution in [3.8, 4) is 0 Å². The minimum atomic E-state index is -0.272. The highest BCUT2D eigenvalue weighted by molar-refractivity contribution is 4.91. The summed E-state index contributed by atoms with van der Waals surface area (Å²) in [6.07, 6.45) is 0.476. The fraction of sp³-hybridized carbons (Fsp3) is 0.800. The summed E-state index contributed by atoms with van der Waals surface area (Å²) in [5.41, 5.74) is 0. The number of nitrogens with zero attached hydrogens (tertiary/aromatic N) is 3. The Hall–Kier alpha value is -0.940. The summed E-state index contributed by atoms with van der Waals surface area (Å²) in [5.74, 6) is 1.28. The van der Waals surface area contributed by atoms with Gasteiger partial charge in [-0.3, -0.25) is 4.90 Å². The Labute approximate surface area is 90.1 Å². The number of hydrogen-bond donors (Lipinski definition) is 1. The molecule has 0 spiro atoms. The van der Waals surface area contributed by atoms with Crippen molar-refractivity contribution in [3.63, 3.8) is 0 Å². The largest absolute Gasteiger partial charge is 0.393 e. The van der Waals surface area contributed by atoms with Crippen LogP contribution in [0.4, 0.5) is 0 Å². The summed E-state index contributed by atoms with van der Waals surface area (Å²) in [6.45, 7) is 6.40. The summed E-state index contributed by atoms with van der Waals surface area (Å²) >= 11 is 0. The molecule has 0 bridgehead atoms. The maximum absolute atomic E-state index is 9.18. The Bertz CT molecular complexity index is 299. The predicted octanol–water partition coefficient (Wildman–Crippen LogP) is 1.14. The first-order valence-electron chi connectivity index (χ1n) is 5.19. The molecular formula is C10H19N3O2. The van der Waals surface area contributed by atoms with Crippen LogP contribution in [-0.2, 0) is 0 Å². The van der Waals surface area contributed by atoms with E-state index in [-0.39, 0.29) is 12.1 Å². The third kappa shape index (κ3) is 3.60. The first kappa shape index (κ1) is 12.1. The van der Waals surface area contributed by atoms with Crippen LogP contribution in [0.1, 0.15) is 38.0 Å². The fourth-order valence-electron chi connectivity index (χ4n) is 1.27. The van der Waals surface area contributed by atoms with Crippen molar-refractivity contribution in [2.45, 2.75) is 39.3 Å². The van der Waals surface area contributed by atoms with Gasteiger partial charge in [-0.2, -0.15) is 4.98 Å². The smallest absolute Gasteiger partial charge is 0.223 e. The molecule has 86 valence electrons. The van der Waals surface area contributed by atoms with Gasteiger partial charge in [-0.05, 0) is 27.3 Å². The Kier molecular flexibility index (Phi) is 4.23. The van der Waals surface area contributed by atoms with Crippen molar-refractivity contribution in [2.24, 2.45) is 0 Å². The second kappa shape index (κ2) is 5.23. The van der Waals surface area contributed by atoms with Gasteiger partial charge in [-0.25, -0.2) is 0 Å². The van der Waals surface area contributed by atoms with Crippen molar-refractivity contribution in [3.05, 3.63) is 11.7 Å². The molecule has 0 aromatic carbocycles. The maximum atomic E-state index is 9.18. The quantitative estimate of drug-likeness (QED) is 0.794. The molecule has 0 aliphatic carbocycles. The van der Waals surface area contributed by atoms with E-state index < -0.39 is 0 Å². The second-order valence-corrected chi connectivity index (χ2v) is 3.97. The molecule has 0 saturated carbocycles. The zero-order valence-electron chi connectivity index (χ0n) is 9.77. The number of rotatable bonds is 5. The normalized spacial score (nSPS) is 15.6. The topological polar surface area (TPSA) is 62.4 Å². The van der Waals surface area contributed by atoms with E-state index in [1.807, 2.05) is 14.0 Å². The van der Waals surface area contributed by atoms with Gasteiger partial charge in [0.25, 0.3) is 0 Å². The lowest BCUT2D eigenvalue weighted by Gasteiger charge is -2.22. The van der Waals surface area contributed by atoms with Crippen LogP contribution < -0.4 is 0 Å². The second-order valence-electron chi connectivity index (χ2n) is 3.97. The summed E-state index contributed by atoms with van der Waals surface area (Å²) < 4.78 is 4.92. The van der Waals surface area contributed by atoms with Crippen molar-refractivity contribution in [1.82, 2.24) is 15.0 Å². The summed E-state index contributed by atoms with van der Waals surface area (Å²) in [7, 11) is 1.98. The van der Waals surface area contributed by atoms with Crippen LogP contribution in [0.5, 0.6) is 0 Å². The molecule has 0 fully saturated rings. The van der Waals surface area contributed by atoms with Crippen LogP contribution in [-0.4, -0.2) is 39.8 Å². The third-order valence-corrected chi connectivity index (χ3v) is 2.48. The number of aliphatic hydroxyl groups excluding tert-OH is 1. The molecule has 1 heterocycles. The monoisotopic (exact) mass is 213 g/mol. The SMILES string of the molecule is Cc1nc([C@@H](C)N(C)CC[C@@H](C)O)no1. The molecule has 1 N–H and O–H groups in total. The van der Waals surface area contributed by atoms with E-state index in [9.17, 15) is 5.11 Å². The number of aryl methyl sites for hydroxylation is 1. The minimum absolute atomic E-state index is 0.112. The van der Waals surface area contributed by atoms with Crippen molar-refractivity contribution in [1.29, 1.82) is 0 Å². The predicted molar refractivity (Wildman–Crippen MR) is 56.4 cm³/mol. The van der Waals surface area contributed by atoms with Gasteiger partial charge in [0.2, 0.25) is 5.89 Å². The van der Waals surface area contributed by atoms with Gasteiger partial charge in [0.05, 0.1) is 12.1 Å². The van der Waals surface area contributed by atoms with Gasteiger partial charge >= 0.3 is 0 Å². The lowest BCUT2D eigenvalue weighted by atomic mass is 10.2. The van der Waals surface area contributed by atoms with Gasteiger partial charge in [0.1, 0.15) is 0 Å². The highest BCUT2D eigenvalue weighted by Crippen LogP contribution is 2.15. The van der Waals surface area contributed by atoms with Crippen LogP contribution in [0, 0.1) is 6.92 Å². The molecule has 15 heavy (non-hydrogen) atoms. The number of aromatic nitrogens is 2. The van der Waals surface area contributed by atoms with E-state index in [2.05, 4.69) is 15.0 Å². The molecule has 1 rings (SSSR count). The maximum Gasteiger partial charge on any atom is 0.223 e. The molecular weight excluding hydrogens is 194 g/mol. The summed E-state index contributed by atoms with van der Waals surface area (Å²) in [4.78, 5) is 6.27. The van der Waals surface area contributed by atoms with Crippen molar-refractivity contribution >= 4 is 0 Å². The fourth-order valence-corrected chi connectivity index (χ4v) is 1.27. The van der Waals surface area contributed by atoms with E-state index in [0.717, 1.165) is 13.0 Å². The zero-order valence-corrected chi connectivity index (χ0v) is 9.77. The van der Waals surface area contributed by atoms with Crippen molar-refractivity contribution < 1.29 is 9.63 Å². The molecule has 0 radical (unpaired) electrons. The molecule has 0 amide bonds. The Balaban J connectivity index is 2.49. The zero-order chi connectivity index (χ0) is 11.4. The molecule has 0 saturated heterocycles. The van der Waals surface area contributed by atoms with E-state index in [0.29, 0.717) is 11.7 Å².